The van der Waals surface area contributed by atoms with Crippen molar-refractivity contribution in [2.45, 2.75) is 39.2 Å². The van der Waals surface area contributed by atoms with E-state index in [1.54, 1.807) is 12.1 Å². The van der Waals surface area contributed by atoms with E-state index in [9.17, 15) is 9.50 Å². The van der Waals surface area contributed by atoms with Gasteiger partial charge in [-0.3, -0.25) is 0 Å². The number of hydrogen-bond acceptors (Lipinski definition) is 2. The van der Waals surface area contributed by atoms with Gasteiger partial charge in [0.2, 0.25) is 0 Å². The zero-order chi connectivity index (χ0) is 12.8. The lowest BCUT2D eigenvalue weighted by Gasteiger charge is -2.19. The van der Waals surface area contributed by atoms with Crippen LogP contribution in [0.2, 0.25) is 0 Å². The van der Waals surface area contributed by atoms with Crippen LogP contribution in [0.15, 0.2) is 18.2 Å². The average molecular weight is 240 g/mol. The lowest BCUT2D eigenvalue weighted by Crippen LogP contribution is -2.11. The molecule has 3 heteroatoms. The van der Waals surface area contributed by atoms with Crippen molar-refractivity contribution in [1.29, 1.82) is 0 Å². The predicted octanol–water partition coefficient (Wildman–Crippen LogP) is 3.69. The minimum atomic E-state index is -0.743. The number of rotatable bonds is 6. The van der Waals surface area contributed by atoms with Crippen LogP contribution in [-0.2, 0) is 0 Å². The number of aliphatic hydroxyl groups is 1. The second-order valence-electron chi connectivity index (χ2n) is 4.45. The summed E-state index contributed by atoms with van der Waals surface area (Å²) in [7, 11) is 1.49. The molecule has 2 unspecified atom stereocenters. The normalized spacial score (nSPS) is 14.4. The number of ether oxygens (including phenoxy) is 1. The summed E-state index contributed by atoms with van der Waals surface area (Å²) < 4.78 is 18.7. The molecule has 96 valence electrons. The molecule has 0 bridgehead atoms. The first-order valence-corrected chi connectivity index (χ1v) is 6.11. The zero-order valence-electron chi connectivity index (χ0n) is 10.7. The predicted molar refractivity (Wildman–Crippen MR) is 66.6 cm³/mol. The van der Waals surface area contributed by atoms with Crippen LogP contribution in [0.1, 0.15) is 44.8 Å². The van der Waals surface area contributed by atoms with Gasteiger partial charge in [-0.2, -0.15) is 0 Å². The van der Waals surface area contributed by atoms with E-state index in [0.717, 1.165) is 19.3 Å². The Morgan fingerprint density at radius 2 is 2.12 bits per heavy atom. The molecule has 0 heterocycles. The first kappa shape index (κ1) is 14.0. The van der Waals surface area contributed by atoms with Crippen molar-refractivity contribution < 1.29 is 14.2 Å². The van der Waals surface area contributed by atoms with Crippen LogP contribution in [0.5, 0.6) is 5.75 Å². The molecule has 17 heavy (non-hydrogen) atoms. The van der Waals surface area contributed by atoms with Crippen molar-refractivity contribution in [1.82, 2.24) is 0 Å². The Labute approximate surface area is 102 Å². The standard InChI is InChI=1S/C14H21FO2/c1-4-5-6-10(2)14(16)12-8-7-11(17-3)9-13(12)15/h7-10,14,16H,4-6H2,1-3H3. The molecule has 0 aliphatic rings. The van der Waals surface area contributed by atoms with Crippen molar-refractivity contribution >= 4 is 0 Å². The van der Waals surface area contributed by atoms with Crippen LogP contribution in [0.3, 0.4) is 0 Å². The smallest absolute Gasteiger partial charge is 0.132 e. The molecule has 0 saturated carbocycles. The quantitative estimate of drug-likeness (QED) is 0.821. The van der Waals surface area contributed by atoms with E-state index in [2.05, 4.69) is 6.92 Å². The summed E-state index contributed by atoms with van der Waals surface area (Å²) in [6, 6.07) is 4.58. The summed E-state index contributed by atoms with van der Waals surface area (Å²) in [6.45, 7) is 4.05. The summed E-state index contributed by atoms with van der Waals surface area (Å²) in [5, 5.41) is 10.1. The third-order valence-corrected chi connectivity index (χ3v) is 3.08. The van der Waals surface area contributed by atoms with E-state index in [4.69, 9.17) is 4.74 Å². The highest BCUT2D eigenvalue weighted by Crippen LogP contribution is 2.29. The van der Waals surface area contributed by atoms with Gasteiger partial charge >= 0.3 is 0 Å². The Morgan fingerprint density at radius 1 is 1.41 bits per heavy atom. The van der Waals surface area contributed by atoms with Gasteiger partial charge in [0, 0.05) is 11.6 Å². The van der Waals surface area contributed by atoms with Crippen LogP contribution in [0.4, 0.5) is 4.39 Å². The van der Waals surface area contributed by atoms with Gasteiger partial charge in [-0.1, -0.05) is 26.7 Å². The van der Waals surface area contributed by atoms with Gasteiger partial charge in [0.25, 0.3) is 0 Å². The number of benzene rings is 1. The first-order chi connectivity index (χ1) is 8.10. The van der Waals surface area contributed by atoms with Crippen molar-refractivity contribution in [3.8, 4) is 5.75 Å². The largest absolute Gasteiger partial charge is 0.497 e. The molecule has 2 nitrogen and oxygen atoms in total. The molecule has 0 saturated heterocycles. The van der Waals surface area contributed by atoms with Crippen LogP contribution in [0, 0.1) is 11.7 Å². The van der Waals surface area contributed by atoms with Gasteiger partial charge in [0.05, 0.1) is 13.2 Å². The lowest BCUT2D eigenvalue weighted by molar-refractivity contribution is 0.107. The molecule has 2 atom stereocenters. The molecule has 0 radical (unpaired) electrons. The maximum Gasteiger partial charge on any atom is 0.132 e. The van der Waals surface area contributed by atoms with E-state index in [-0.39, 0.29) is 5.92 Å². The monoisotopic (exact) mass is 240 g/mol. The fourth-order valence-electron chi connectivity index (χ4n) is 1.87. The minimum absolute atomic E-state index is 0.0674. The van der Waals surface area contributed by atoms with Gasteiger partial charge in [-0.25, -0.2) is 4.39 Å². The van der Waals surface area contributed by atoms with Gasteiger partial charge < -0.3 is 9.84 Å². The molecule has 0 spiro atoms. The molecule has 0 aliphatic heterocycles. The first-order valence-electron chi connectivity index (χ1n) is 6.11. The third-order valence-electron chi connectivity index (χ3n) is 3.08. The zero-order valence-corrected chi connectivity index (χ0v) is 10.7. The second-order valence-corrected chi connectivity index (χ2v) is 4.45. The lowest BCUT2D eigenvalue weighted by atomic mass is 9.92. The molecule has 0 amide bonds. The number of unbranched alkanes of at least 4 members (excludes halogenated alkanes) is 1. The van der Waals surface area contributed by atoms with Gasteiger partial charge in [-0.15, -0.1) is 0 Å². The van der Waals surface area contributed by atoms with Crippen LogP contribution >= 0.6 is 0 Å². The van der Waals surface area contributed by atoms with E-state index in [0.29, 0.717) is 11.3 Å². The Bertz CT molecular complexity index is 352. The third kappa shape index (κ3) is 3.70. The average Bonchev–Trinajstić information content (AvgIpc) is 2.34. The Balaban J connectivity index is 2.77. The maximum absolute atomic E-state index is 13.7. The molecule has 1 rings (SSSR count). The number of methoxy groups -OCH3 is 1. The molecule has 1 aromatic rings. The van der Waals surface area contributed by atoms with Gasteiger partial charge in [0.1, 0.15) is 11.6 Å². The van der Waals surface area contributed by atoms with Crippen LogP contribution in [-0.4, -0.2) is 12.2 Å². The van der Waals surface area contributed by atoms with E-state index in [1.807, 2.05) is 6.92 Å². The van der Waals surface area contributed by atoms with E-state index in [1.165, 1.54) is 13.2 Å². The highest BCUT2D eigenvalue weighted by molar-refractivity contribution is 5.30. The Kier molecular flexibility index (Phi) is 5.42. The van der Waals surface area contributed by atoms with Crippen LogP contribution < -0.4 is 4.74 Å². The number of aliphatic hydroxyl groups excluding tert-OH is 1. The SMILES string of the molecule is CCCCC(C)C(O)c1ccc(OC)cc1F. The Morgan fingerprint density at radius 3 is 2.65 bits per heavy atom. The topological polar surface area (TPSA) is 29.5 Å². The highest BCUT2D eigenvalue weighted by Gasteiger charge is 2.19. The van der Waals surface area contributed by atoms with Crippen LogP contribution in [0.25, 0.3) is 0 Å². The van der Waals surface area contributed by atoms with Crippen molar-refractivity contribution in [2.24, 2.45) is 5.92 Å². The maximum atomic E-state index is 13.7. The summed E-state index contributed by atoms with van der Waals surface area (Å²) in [5.41, 5.74) is 0.356. The fourth-order valence-corrected chi connectivity index (χ4v) is 1.87. The molecule has 0 fully saturated rings. The van der Waals surface area contributed by atoms with Gasteiger partial charge in [-0.05, 0) is 24.5 Å². The van der Waals surface area contributed by atoms with Crippen molar-refractivity contribution in [3.05, 3.63) is 29.6 Å². The van der Waals surface area contributed by atoms with Crippen molar-refractivity contribution in [3.63, 3.8) is 0 Å². The molecule has 0 aliphatic carbocycles. The minimum Gasteiger partial charge on any atom is -0.497 e. The summed E-state index contributed by atoms with van der Waals surface area (Å²) in [4.78, 5) is 0. The summed E-state index contributed by atoms with van der Waals surface area (Å²) in [6.07, 6.45) is 2.30. The molecular weight excluding hydrogens is 219 g/mol. The Hall–Kier alpha value is -1.09. The molecule has 0 aromatic heterocycles. The highest BCUT2D eigenvalue weighted by atomic mass is 19.1. The number of halogens is 1. The number of hydrogen-bond donors (Lipinski definition) is 1. The summed E-state index contributed by atoms with van der Waals surface area (Å²) >= 11 is 0. The molecule has 1 aromatic carbocycles. The second kappa shape index (κ2) is 6.60. The molecule has 1 N–H and O–H groups in total. The van der Waals surface area contributed by atoms with E-state index >= 15 is 0 Å². The van der Waals surface area contributed by atoms with E-state index < -0.39 is 11.9 Å². The fraction of sp³-hybridized carbons (Fsp3) is 0.571. The summed E-state index contributed by atoms with van der Waals surface area (Å²) in [5.74, 6) is 0.137. The van der Waals surface area contributed by atoms with Crippen molar-refractivity contribution in [2.75, 3.05) is 7.11 Å². The van der Waals surface area contributed by atoms with Gasteiger partial charge in [0.15, 0.2) is 0 Å². The molecular formula is C14H21FO2.